The molecule has 7 nitrogen and oxygen atoms in total. The fraction of sp³-hybridized carbons (Fsp3) is 0.600. The molecule has 0 N–H and O–H groups in total. The maximum absolute atomic E-state index is 13.5. The molecular formula is C20H26N4O3. The Labute approximate surface area is 158 Å². The monoisotopic (exact) mass is 370 g/mol. The summed E-state index contributed by atoms with van der Waals surface area (Å²) in [5.41, 5.74) is 1.63. The van der Waals surface area contributed by atoms with Crippen LogP contribution in [0.1, 0.15) is 23.2 Å². The van der Waals surface area contributed by atoms with Gasteiger partial charge in [-0.25, -0.2) is 4.52 Å². The Kier molecular flexibility index (Phi) is 3.91. The van der Waals surface area contributed by atoms with Crippen molar-refractivity contribution in [3.8, 4) is 5.88 Å². The third-order valence-electron chi connectivity index (χ3n) is 6.91. The molecule has 5 rings (SSSR count). The predicted octanol–water partition coefficient (Wildman–Crippen LogP) is 1.53. The van der Waals surface area contributed by atoms with Crippen molar-refractivity contribution in [3.63, 3.8) is 0 Å². The number of ether oxygens (including phenoxy) is 2. The minimum atomic E-state index is 0.0644. The van der Waals surface area contributed by atoms with Crippen molar-refractivity contribution in [2.75, 3.05) is 47.0 Å². The Balaban J connectivity index is 1.49. The van der Waals surface area contributed by atoms with Gasteiger partial charge in [0.2, 0.25) is 5.88 Å². The summed E-state index contributed by atoms with van der Waals surface area (Å²) in [6, 6.07) is 5.85. The van der Waals surface area contributed by atoms with E-state index in [0.717, 1.165) is 44.6 Å². The van der Waals surface area contributed by atoms with Crippen molar-refractivity contribution in [2.24, 2.45) is 11.3 Å². The number of aromatic nitrogens is 2. The van der Waals surface area contributed by atoms with Crippen molar-refractivity contribution in [1.29, 1.82) is 0 Å². The Morgan fingerprint density at radius 1 is 1.30 bits per heavy atom. The lowest BCUT2D eigenvalue weighted by Gasteiger charge is -2.40. The van der Waals surface area contributed by atoms with Crippen molar-refractivity contribution in [3.05, 3.63) is 30.0 Å². The summed E-state index contributed by atoms with van der Waals surface area (Å²) in [7, 11) is 3.79. The maximum atomic E-state index is 13.5. The maximum Gasteiger partial charge on any atom is 0.258 e. The molecule has 27 heavy (non-hydrogen) atoms. The van der Waals surface area contributed by atoms with Gasteiger partial charge in [-0.15, -0.1) is 0 Å². The van der Waals surface area contributed by atoms with Crippen LogP contribution < -0.4 is 4.74 Å². The minimum absolute atomic E-state index is 0.0644. The van der Waals surface area contributed by atoms with Crippen LogP contribution >= 0.6 is 0 Å². The molecule has 3 saturated heterocycles. The number of piperidine rings is 1. The summed E-state index contributed by atoms with van der Waals surface area (Å²) in [6.07, 6.45) is 3.95. The number of likely N-dealkylation sites (tertiary alicyclic amines) is 2. The molecule has 2 atom stereocenters. The van der Waals surface area contributed by atoms with E-state index < -0.39 is 0 Å². The normalized spacial score (nSPS) is 27.4. The molecule has 2 aromatic rings. The number of pyridine rings is 1. The van der Waals surface area contributed by atoms with Gasteiger partial charge in [0.05, 0.1) is 43.6 Å². The lowest BCUT2D eigenvalue weighted by Crippen LogP contribution is -2.43. The van der Waals surface area contributed by atoms with Crippen molar-refractivity contribution >= 4 is 11.4 Å². The zero-order chi connectivity index (χ0) is 18.6. The van der Waals surface area contributed by atoms with Crippen LogP contribution in [0.5, 0.6) is 5.88 Å². The first kappa shape index (κ1) is 17.0. The molecular weight excluding hydrogens is 344 g/mol. The van der Waals surface area contributed by atoms with Crippen LogP contribution in [0.4, 0.5) is 0 Å². The predicted molar refractivity (Wildman–Crippen MR) is 100 cm³/mol. The molecule has 3 aliphatic heterocycles. The first-order valence-corrected chi connectivity index (χ1v) is 9.71. The number of carbonyl (C=O) groups is 1. The van der Waals surface area contributed by atoms with Gasteiger partial charge < -0.3 is 19.3 Å². The summed E-state index contributed by atoms with van der Waals surface area (Å²) < 4.78 is 12.9. The number of carbonyl (C=O) groups excluding carboxylic acids is 1. The first-order valence-electron chi connectivity index (χ1n) is 9.71. The molecule has 3 fully saturated rings. The summed E-state index contributed by atoms with van der Waals surface area (Å²) in [6.45, 7) is 4.45. The van der Waals surface area contributed by atoms with Crippen LogP contribution in [0.2, 0.25) is 0 Å². The van der Waals surface area contributed by atoms with E-state index in [2.05, 4.69) is 21.9 Å². The molecule has 0 bridgehead atoms. The van der Waals surface area contributed by atoms with Gasteiger partial charge in [0.15, 0.2) is 0 Å². The summed E-state index contributed by atoms with van der Waals surface area (Å²) in [5.74, 6) is 1.14. The van der Waals surface area contributed by atoms with E-state index >= 15 is 0 Å². The largest absolute Gasteiger partial charge is 0.481 e. The van der Waals surface area contributed by atoms with Crippen molar-refractivity contribution < 1.29 is 14.3 Å². The smallest absolute Gasteiger partial charge is 0.258 e. The Morgan fingerprint density at radius 3 is 2.89 bits per heavy atom. The molecule has 0 aliphatic carbocycles. The standard InChI is InChI=1S/C20H26N4O3/c1-22-8-6-20(7-9-22)13-23(17-12-27-11-15(17)20)19(25)14-10-21-24-16(14)4-3-5-18(24)26-2/h3-5,10,15,17H,6-9,11-13H2,1-2H3/t15-,17+/m0/s1. The first-order chi connectivity index (χ1) is 13.1. The van der Waals surface area contributed by atoms with Gasteiger partial charge in [-0.3, -0.25) is 4.79 Å². The molecule has 1 spiro atoms. The van der Waals surface area contributed by atoms with Crippen LogP contribution in [0.15, 0.2) is 24.4 Å². The molecule has 0 radical (unpaired) electrons. The molecule has 144 valence electrons. The SMILES string of the molecule is COc1cccc2c(C(=O)N3CC4(CCN(C)CC4)[C@H]4COC[C@H]43)cnn12. The van der Waals surface area contributed by atoms with E-state index in [0.29, 0.717) is 24.0 Å². The van der Waals surface area contributed by atoms with Crippen molar-refractivity contribution in [2.45, 2.75) is 18.9 Å². The van der Waals surface area contributed by atoms with E-state index in [1.807, 2.05) is 18.2 Å². The second kappa shape index (κ2) is 6.21. The summed E-state index contributed by atoms with van der Waals surface area (Å²) in [5, 5.41) is 4.39. The average Bonchev–Trinajstić information content (AvgIpc) is 3.39. The average molecular weight is 370 g/mol. The van der Waals surface area contributed by atoms with E-state index in [1.165, 1.54) is 0 Å². The molecule has 3 aliphatic rings. The van der Waals surface area contributed by atoms with Crippen LogP contribution in [-0.4, -0.2) is 78.4 Å². The van der Waals surface area contributed by atoms with E-state index in [1.54, 1.807) is 17.8 Å². The highest BCUT2D eigenvalue weighted by Gasteiger charge is 2.56. The lowest BCUT2D eigenvalue weighted by molar-refractivity contribution is 0.0499. The van der Waals surface area contributed by atoms with Gasteiger partial charge in [-0.2, -0.15) is 5.10 Å². The third-order valence-corrected chi connectivity index (χ3v) is 6.91. The fourth-order valence-electron chi connectivity index (χ4n) is 5.28. The molecule has 0 unspecified atom stereocenters. The van der Waals surface area contributed by atoms with Crippen LogP contribution in [0, 0.1) is 11.3 Å². The van der Waals surface area contributed by atoms with Gasteiger partial charge in [0.1, 0.15) is 0 Å². The molecule has 0 saturated carbocycles. The van der Waals surface area contributed by atoms with Gasteiger partial charge >= 0.3 is 0 Å². The molecule has 7 heteroatoms. The second-order valence-corrected chi connectivity index (χ2v) is 8.23. The zero-order valence-electron chi connectivity index (χ0n) is 15.9. The Morgan fingerprint density at radius 2 is 2.11 bits per heavy atom. The zero-order valence-corrected chi connectivity index (χ0v) is 15.9. The van der Waals surface area contributed by atoms with Crippen molar-refractivity contribution in [1.82, 2.24) is 19.4 Å². The number of amides is 1. The quantitative estimate of drug-likeness (QED) is 0.802. The highest BCUT2D eigenvalue weighted by molar-refractivity contribution is 6.01. The highest BCUT2D eigenvalue weighted by atomic mass is 16.5. The number of nitrogens with zero attached hydrogens (tertiary/aromatic N) is 4. The third kappa shape index (κ3) is 2.48. The molecule has 5 heterocycles. The number of rotatable bonds is 2. The van der Waals surface area contributed by atoms with Gasteiger partial charge in [-0.1, -0.05) is 6.07 Å². The van der Waals surface area contributed by atoms with Crippen LogP contribution in [0.25, 0.3) is 5.52 Å². The number of methoxy groups -OCH3 is 1. The number of fused-ring (bicyclic) bond motifs is 3. The van der Waals surface area contributed by atoms with E-state index in [-0.39, 0.29) is 17.4 Å². The van der Waals surface area contributed by atoms with Crippen LogP contribution in [-0.2, 0) is 4.74 Å². The summed E-state index contributed by atoms with van der Waals surface area (Å²) >= 11 is 0. The van der Waals surface area contributed by atoms with Gasteiger partial charge in [-0.05, 0) is 44.5 Å². The number of hydrogen-bond acceptors (Lipinski definition) is 5. The van der Waals surface area contributed by atoms with E-state index in [4.69, 9.17) is 9.47 Å². The minimum Gasteiger partial charge on any atom is -0.481 e. The lowest BCUT2D eigenvalue weighted by atomic mass is 9.70. The van der Waals surface area contributed by atoms with Gasteiger partial charge in [0.25, 0.3) is 5.91 Å². The van der Waals surface area contributed by atoms with E-state index in [9.17, 15) is 4.79 Å². The number of hydrogen-bond donors (Lipinski definition) is 0. The van der Waals surface area contributed by atoms with Crippen LogP contribution in [0.3, 0.4) is 0 Å². The summed E-state index contributed by atoms with van der Waals surface area (Å²) in [4.78, 5) is 18.0. The molecule has 0 aromatic carbocycles. The Hall–Kier alpha value is -2.12. The topological polar surface area (TPSA) is 59.3 Å². The fourth-order valence-corrected chi connectivity index (χ4v) is 5.28. The van der Waals surface area contributed by atoms with Gasteiger partial charge in [0, 0.05) is 18.5 Å². The highest BCUT2D eigenvalue weighted by Crippen LogP contribution is 2.50. The Bertz CT molecular complexity index is 871. The molecule has 2 aromatic heterocycles. The second-order valence-electron chi connectivity index (χ2n) is 8.23. The molecule has 1 amide bonds.